The summed E-state index contributed by atoms with van der Waals surface area (Å²) < 4.78 is 0. The van der Waals surface area contributed by atoms with Crippen molar-refractivity contribution < 1.29 is 9.59 Å². The second-order valence-electron chi connectivity index (χ2n) is 8.04. The molecule has 0 radical (unpaired) electrons. The van der Waals surface area contributed by atoms with Crippen molar-refractivity contribution in [1.82, 2.24) is 9.80 Å². The molecule has 1 atom stereocenters. The molecule has 0 aromatic heterocycles. The summed E-state index contributed by atoms with van der Waals surface area (Å²) in [5.41, 5.74) is 1.84. The molecular formula is C26H27ClN2O2. The Morgan fingerprint density at radius 1 is 0.903 bits per heavy atom. The highest BCUT2D eigenvalue weighted by atomic mass is 35.5. The van der Waals surface area contributed by atoms with Gasteiger partial charge in [-0.05, 0) is 41.7 Å². The number of carbonyl (C=O) groups excluding carboxylic acids is 2. The largest absolute Gasteiger partial charge is 0.339 e. The Morgan fingerprint density at radius 2 is 1.65 bits per heavy atom. The van der Waals surface area contributed by atoms with Crippen molar-refractivity contribution in [2.24, 2.45) is 0 Å². The van der Waals surface area contributed by atoms with Gasteiger partial charge in [-0.2, -0.15) is 0 Å². The summed E-state index contributed by atoms with van der Waals surface area (Å²) in [5, 5.41) is 2.06. The fourth-order valence-corrected chi connectivity index (χ4v) is 4.61. The molecular weight excluding hydrogens is 408 g/mol. The maximum absolute atomic E-state index is 13.3. The molecule has 0 saturated carbocycles. The van der Waals surface area contributed by atoms with Gasteiger partial charge in [0, 0.05) is 31.2 Å². The van der Waals surface area contributed by atoms with E-state index < -0.39 is 0 Å². The van der Waals surface area contributed by atoms with Crippen molar-refractivity contribution in [3.63, 3.8) is 0 Å². The van der Waals surface area contributed by atoms with Crippen LogP contribution in [-0.4, -0.2) is 46.6 Å². The van der Waals surface area contributed by atoms with Crippen LogP contribution in [0.25, 0.3) is 10.8 Å². The van der Waals surface area contributed by atoms with Crippen LogP contribution in [0.2, 0.25) is 0 Å². The number of benzene rings is 3. The zero-order chi connectivity index (χ0) is 21.6. The molecule has 1 unspecified atom stereocenters. The van der Waals surface area contributed by atoms with Gasteiger partial charge in [-0.3, -0.25) is 9.59 Å². The molecule has 31 heavy (non-hydrogen) atoms. The van der Waals surface area contributed by atoms with Crippen molar-refractivity contribution in [3.8, 4) is 0 Å². The van der Waals surface area contributed by atoms with Gasteiger partial charge in [0.1, 0.15) is 5.88 Å². The first-order valence-corrected chi connectivity index (χ1v) is 11.4. The van der Waals surface area contributed by atoms with E-state index in [1.165, 1.54) is 0 Å². The SMILES string of the molecule is O=C(c1cccc2ccccc12)N1CCCC(N(Cc2ccccc2)C(=O)CCl)CC1. The maximum atomic E-state index is 13.3. The number of hydrogen-bond donors (Lipinski definition) is 0. The zero-order valence-corrected chi connectivity index (χ0v) is 18.3. The number of carbonyl (C=O) groups is 2. The van der Waals surface area contributed by atoms with E-state index in [2.05, 4.69) is 0 Å². The number of likely N-dealkylation sites (tertiary alicyclic amines) is 1. The molecule has 0 N–H and O–H groups in total. The van der Waals surface area contributed by atoms with Gasteiger partial charge in [0.2, 0.25) is 5.91 Å². The summed E-state index contributed by atoms with van der Waals surface area (Å²) in [6, 6.07) is 24.0. The van der Waals surface area contributed by atoms with Crippen molar-refractivity contribution in [1.29, 1.82) is 0 Å². The lowest BCUT2D eigenvalue weighted by Crippen LogP contribution is -2.41. The molecule has 3 aromatic rings. The van der Waals surface area contributed by atoms with E-state index in [1.54, 1.807) is 0 Å². The van der Waals surface area contributed by atoms with Crippen LogP contribution in [0.1, 0.15) is 35.2 Å². The predicted octanol–water partition coefficient (Wildman–Crippen LogP) is 5.10. The number of hydrogen-bond acceptors (Lipinski definition) is 2. The number of halogens is 1. The van der Waals surface area contributed by atoms with Crippen molar-refractivity contribution in [3.05, 3.63) is 83.9 Å². The van der Waals surface area contributed by atoms with Gasteiger partial charge in [-0.25, -0.2) is 0 Å². The Labute approximate surface area is 188 Å². The second kappa shape index (κ2) is 9.97. The van der Waals surface area contributed by atoms with Gasteiger partial charge in [0.05, 0.1) is 0 Å². The van der Waals surface area contributed by atoms with Crippen LogP contribution in [0.15, 0.2) is 72.8 Å². The smallest absolute Gasteiger partial charge is 0.254 e. The van der Waals surface area contributed by atoms with E-state index in [0.29, 0.717) is 19.6 Å². The highest BCUT2D eigenvalue weighted by Gasteiger charge is 2.28. The lowest BCUT2D eigenvalue weighted by molar-refractivity contribution is -0.131. The Bertz CT molecular complexity index is 1050. The van der Waals surface area contributed by atoms with Crippen LogP contribution in [0.3, 0.4) is 0 Å². The lowest BCUT2D eigenvalue weighted by atomic mass is 10.0. The first-order chi connectivity index (χ1) is 15.2. The van der Waals surface area contributed by atoms with Crippen LogP contribution < -0.4 is 0 Å². The first kappa shape index (κ1) is 21.4. The summed E-state index contributed by atoms with van der Waals surface area (Å²) in [6.07, 6.45) is 2.49. The van der Waals surface area contributed by atoms with Crippen LogP contribution >= 0.6 is 11.6 Å². The quantitative estimate of drug-likeness (QED) is 0.524. The Kier molecular flexibility index (Phi) is 6.88. The van der Waals surface area contributed by atoms with Crippen molar-refractivity contribution in [2.45, 2.75) is 31.8 Å². The molecule has 5 heteroatoms. The number of nitrogens with zero attached hydrogens (tertiary/aromatic N) is 2. The Balaban J connectivity index is 1.50. The number of fused-ring (bicyclic) bond motifs is 1. The average Bonchev–Trinajstić information content (AvgIpc) is 3.08. The van der Waals surface area contributed by atoms with Crippen LogP contribution in [-0.2, 0) is 11.3 Å². The standard InChI is InChI=1S/C26H27ClN2O2/c27-18-25(30)29(19-20-8-2-1-3-9-20)22-12-7-16-28(17-15-22)26(31)24-14-6-11-21-10-4-5-13-23(21)24/h1-6,8-11,13-14,22H,7,12,15-19H2. The monoisotopic (exact) mass is 434 g/mol. The van der Waals surface area contributed by atoms with Gasteiger partial charge in [0.25, 0.3) is 5.91 Å². The van der Waals surface area contributed by atoms with Gasteiger partial charge >= 0.3 is 0 Å². The summed E-state index contributed by atoms with van der Waals surface area (Å²) in [6.45, 7) is 1.88. The topological polar surface area (TPSA) is 40.6 Å². The molecule has 1 fully saturated rings. The van der Waals surface area contributed by atoms with Gasteiger partial charge in [0.15, 0.2) is 0 Å². The van der Waals surface area contributed by atoms with Crippen LogP contribution in [0.4, 0.5) is 0 Å². The third kappa shape index (κ3) is 4.91. The molecule has 2 amide bonds. The van der Waals surface area contributed by atoms with E-state index in [9.17, 15) is 9.59 Å². The highest BCUT2D eigenvalue weighted by molar-refractivity contribution is 6.27. The molecule has 1 aliphatic rings. The summed E-state index contributed by atoms with van der Waals surface area (Å²) in [5.74, 6) is -0.0118. The van der Waals surface area contributed by atoms with E-state index in [1.807, 2.05) is 82.6 Å². The minimum atomic E-state index is -0.0515. The third-order valence-electron chi connectivity index (χ3n) is 6.08. The molecule has 1 aliphatic heterocycles. The van der Waals surface area contributed by atoms with Crippen molar-refractivity contribution >= 4 is 34.2 Å². The number of alkyl halides is 1. The normalized spacial score (nSPS) is 16.7. The maximum Gasteiger partial charge on any atom is 0.254 e. The zero-order valence-electron chi connectivity index (χ0n) is 17.5. The predicted molar refractivity (Wildman–Crippen MR) is 125 cm³/mol. The van der Waals surface area contributed by atoms with Crippen LogP contribution in [0.5, 0.6) is 0 Å². The Hall–Kier alpha value is -2.85. The molecule has 0 aliphatic carbocycles. The van der Waals surface area contributed by atoms with E-state index in [4.69, 9.17) is 11.6 Å². The molecule has 0 bridgehead atoms. The van der Waals surface area contributed by atoms with Gasteiger partial charge in [-0.15, -0.1) is 11.6 Å². The fraction of sp³-hybridized carbons (Fsp3) is 0.308. The van der Waals surface area contributed by atoms with E-state index in [-0.39, 0.29) is 23.7 Å². The molecule has 160 valence electrons. The van der Waals surface area contributed by atoms with E-state index in [0.717, 1.165) is 41.2 Å². The number of amides is 2. The third-order valence-corrected chi connectivity index (χ3v) is 6.30. The lowest BCUT2D eigenvalue weighted by Gasteiger charge is -2.31. The van der Waals surface area contributed by atoms with Crippen LogP contribution in [0, 0.1) is 0 Å². The van der Waals surface area contributed by atoms with E-state index >= 15 is 0 Å². The van der Waals surface area contributed by atoms with Gasteiger partial charge < -0.3 is 9.80 Å². The molecule has 0 spiro atoms. The minimum Gasteiger partial charge on any atom is -0.339 e. The molecule has 1 heterocycles. The molecule has 4 nitrogen and oxygen atoms in total. The first-order valence-electron chi connectivity index (χ1n) is 10.8. The minimum absolute atomic E-state index is 0.0258. The summed E-state index contributed by atoms with van der Waals surface area (Å²) in [4.78, 5) is 29.8. The summed E-state index contributed by atoms with van der Waals surface area (Å²) in [7, 11) is 0. The molecule has 1 saturated heterocycles. The molecule has 4 rings (SSSR count). The summed E-state index contributed by atoms with van der Waals surface area (Å²) >= 11 is 5.93. The number of rotatable bonds is 5. The highest BCUT2D eigenvalue weighted by Crippen LogP contribution is 2.24. The second-order valence-corrected chi connectivity index (χ2v) is 8.31. The van der Waals surface area contributed by atoms with Gasteiger partial charge in [-0.1, -0.05) is 66.7 Å². The fourth-order valence-electron chi connectivity index (χ4n) is 4.45. The van der Waals surface area contributed by atoms with Crippen molar-refractivity contribution in [2.75, 3.05) is 19.0 Å². The Morgan fingerprint density at radius 3 is 2.45 bits per heavy atom. The molecule has 3 aromatic carbocycles. The average molecular weight is 435 g/mol.